The van der Waals surface area contributed by atoms with Gasteiger partial charge in [0, 0.05) is 17.6 Å². The molecule has 0 atom stereocenters. The largest absolute Gasteiger partial charge is 0.497 e. The molecule has 3 aromatic carbocycles. The first-order valence-corrected chi connectivity index (χ1v) is 10.6. The van der Waals surface area contributed by atoms with E-state index < -0.39 is 0 Å². The number of benzene rings is 3. The molecule has 0 aromatic heterocycles. The summed E-state index contributed by atoms with van der Waals surface area (Å²) in [5.74, 6) is 1.79. The van der Waals surface area contributed by atoms with Crippen LogP contribution in [0.15, 0.2) is 60.7 Å². The molecule has 0 saturated carbocycles. The fourth-order valence-corrected chi connectivity index (χ4v) is 3.30. The summed E-state index contributed by atoms with van der Waals surface area (Å²) in [5, 5.41) is 4.03. The Kier molecular flexibility index (Phi) is 8.56. The molecule has 3 rings (SSSR count). The molecule has 0 aliphatic carbocycles. The number of hydrogen-bond donors (Lipinski definition) is 1. The van der Waals surface area contributed by atoms with Gasteiger partial charge in [-0.25, -0.2) is 4.39 Å². The summed E-state index contributed by atoms with van der Waals surface area (Å²) in [6.07, 6.45) is 0.902. The van der Waals surface area contributed by atoms with Crippen molar-refractivity contribution in [2.75, 3.05) is 20.3 Å². The standard InChI is InChI=1S/C25H27ClFNO3/c1-3-30-24-14-20(16-28-13-12-18-6-10-22(29-2)11-7-18)23(26)15-25(24)31-17-19-4-8-21(27)9-5-19/h4-11,14-15,28H,3,12-13,16-17H2,1-2H3. The molecule has 31 heavy (non-hydrogen) atoms. The maximum Gasteiger partial charge on any atom is 0.163 e. The van der Waals surface area contributed by atoms with Crippen LogP contribution in [0.2, 0.25) is 5.02 Å². The average molecular weight is 444 g/mol. The molecule has 164 valence electrons. The number of rotatable bonds is 11. The first-order chi connectivity index (χ1) is 15.1. The summed E-state index contributed by atoms with van der Waals surface area (Å²) in [5.41, 5.74) is 3.04. The maximum absolute atomic E-state index is 13.1. The van der Waals surface area contributed by atoms with Crippen LogP contribution in [-0.4, -0.2) is 20.3 Å². The summed E-state index contributed by atoms with van der Waals surface area (Å²) in [7, 11) is 1.66. The molecule has 0 unspecified atom stereocenters. The van der Waals surface area contributed by atoms with Crippen molar-refractivity contribution >= 4 is 11.6 Å². The molecule has 6 heteroatoms. The van der Waals surface area contributed by atoms with Gasteiger partial charge in [0.05, 0.1) is 13.7 Å². The lowest BCUT2D eigenvalue weighted by Gasteiger charge is -2.15. The monoisotopic (exact) mass is 443 g/mol. The number of ether oxygens (including phenoxy) is 3. The van der Waals surface area contributed by atoms with Gasteiger partial charge in [-0.05, 0) is 66.9 Å². The topological polar surface area (TPSA) is 39.7 Å². The van der Waals surface area contributed by atoms with Gasteiger partial charge in [-0.2, -0.15) is 0 Å². The summed E-state index contributed by atoms with van der Waals surface area (Å²) in [4.78, 5) is 0. The van der Waals surface area contributed by atoms with Crippen LogP contribution in [-0.2, 0) is 19.6 Å². The molecule has 0 bridgehead atoms. The molecule has 0 spiro atoms. The molecule has 0 saturated heterocycles. The van der Waals surface area contributed by atoms with Gasteiger partial charge >= 0.3 is 0 Å². The van der Waals surface area contributed by atoms with E-state index in [1.807, 2.05) is 25.1 Å². The molecule has 0 aliphatic heterocycles. The van der Waals surface area contributed by atoms with E-state index in [9.17, 15) is 4.39 Å². The van der Waals surface area contributed by atoms with Gasteiger partial charge in [-0.1, -0.05) is 35.9 Å². The van der Waals surface area contributed by atoms with E-state index in [2.05, 4.69) is 17.4 Å². The van der Waals surface area contributed by atoms with Crippen LogP contribution >= 0.6 is 11.6 Å². The Morgan fingerprint density at radius 1 is 0.903 bits per heavy atom. The fourth-order valence-electron chi connectivity index (χ4n) is 3.08. The zero-order chi connectivity index (χ0) is 22.1. The minimum absolute atomic E-state index is 0.273. The Labute approximate surface area is 187 Å². The van der Waals surface area contributed by atoms with Crippen LogP contribution in [0, 0.1) is 5.82 Å². The third-order valence-electron chi connectivity index (χ3n) is 4.79. The molecule has 0 fully saturated rings. The highest BCUT2D eigenvalue weighted by Gasteiger charge is 2.12. The highest BCUT2D eigenvalue weighted by atomic mass is 35.5. The Bertz CT molecular complexity index is 962. The van der Waals surface area contributed by atoms with Gasteiger partial charge in [0.15, 0.2) is 11.5 Å². The second-order valence-electron chi connectivity index (χ2n) is 7.01. The van der Waals surface area contributed by atoms with Crippen molar-refractivity contribution in [1.29, 1.82) is 0 Å². The SMILES string of the molecule is CCOc1cc(CNCCc2ccc(OC)cc2)c(Cl)cc1OCc1ccc(F)cc1. The van der Waals surface area contributed by atoms with Crippen molar-refractivity contribution in [3.05, 3.63) is 88.2 Å². The summed E-state index contributed by atoms with van der Waals surface area (Å²) < 4.78 is 29.9. The number of nitrogens with one attached hydrogen (secondary N) is 1. The van der Waals surface area contributed by atoms with Crippen LogP contribution in [0.5, 0.6) is 17.2 Å². The summed E-state index contributed by atoms with van der Waals surface area (Å²) in [6, 6.07) is 17.9. The van der Waals surface area contributed by atoms with Crippen LogP contribution in [0.1, 0.15) is 23.6 Å². The first-order valence-electron chi connectivity index (χ1n) is 10.2. The van der Waals surface area contributed by atoms with Gasteiger partial charge in [-0.15, -0.1) is 0 Å². The Morgan fingerprint density at radius 3 is 2.26 bits per heavy atom. The van der Waals surface area contributed by atoms with E-state index in [-0.39, 0.29) is 5.82 Å². The highest BCUT2D eigenvalue weighted by Crippen LogP contribution is 2.34. The molecular weight excluding hydrogens is 417 g/mol. The Hall–Kier alpha value is -2.76. The quantitative estimate of drug-likeness (QED) is 0.380. The highest BCUT2D eigenvalue weighted by molar-refractivity contribution is 6.31. The predicted molar refractivity (Wildman–Crippen MR) is 122 cm³/mol. The van der Waals surface area contributed by atoms with Gasteiger partial charge in [0.1, 0.15) is 18.2 Å². The van der Waals surface area contributed by atoms with E-state index in [1.165, 1.54) is 17.7 Å². The van der Waals surface area contributed by atoms with E-state index in [1.54, 1.807) is 25.3 Å². The normalized spacial score (nSPS) is 10.7. The van der Waals surface area contributed by atoms with Crippen molar-refractivity contribution < 1.29 is 18.6 Å². The summed E-state index contributed by atoms with van der Waals surface area (Å²) in [6.45, 7) is 4.17. The predicted octanol–water partition coefficient (Wildman–Crippen LogP) is 5.80. The minimum atomic E-state index is -0.273. The smallest absolute Gasteiger partial charge is 0.163 e. The van der Waals surface area contributed by atoms with Crippen molar-refractivity contribution in [2.45, 2.75) is 26.5 Å². The first kappa shape index (κ1) is 22.9. The molecule has 0 radical (unpaired) electrons. The molecule has 4 nitrogen and oxygen atoms in total. The molecular formula is C25H27ClFNO3. The molecule has 1 N–H and O–H groups in total. The van der Waals surface area contributed by atoms with Crippen molar-refractivity contribution in [2.24, 2.45) is 0 Å². The number of hydrogen-bond acceptors (Lipinski definition) is 4. The molecule has 0 amide bonds. The van der Waals surface area contributed by atoms with Gasteiger partial charge in [0.2, 0.25) is 0 Å². The fraction of sp³-hybridized carbons (Fsp3) is 0.280. The van der Waals surface area contributed by atoms with Crippen molar-refractivity contribution in [3.8, 4) is 17.2 Å². The Morgan fingerprint density at radius 2 is 1.58 bits per heavy atom. The van der Waals surface area contributed by atoms with Crippen LogP contribution in [0.3, 0.4) is 0 Å². The Balaban J connectivity index is 1.58. The van der Waals surface area contributed by atoms with Crippen molar-refractivity contribution in [1.82, 2.24) is 5.32 Å². The van der Waals surface area contributed by atoms with E-state index in [0.29, 0.717) is 36.3 Å². The zero-order valence-corrected chi connectivity index (χ0v) is 18.5. The lowest BCUT2D eigenvalue weighted by Crippen LogP contribution is -2.17. The van der Waals surface area contributed by atoms with Gasteiger partial charge < -0.3 is 19.5 Å². The minimum Gasteiger partial charge on any atom is -0.497 e. The summed E-state index contributed by atoms with van der Waals surface area (Å²) >= 11 is 6.49. The molecule has 0 heterocycles. The second-order valence-corrected chi connectivity index (χ2v) is 7.42. The van der Waals surface area contributed by atoms with Crippen LogP contribution < -0.4 is 19.5 Å². The van der Waals surface area contributed by atoms with E-state index >= 15 is 0 Å². The maximum atomic E-state index is 13.1. The van der Waals surface area contributed by atoms with Crippen molar-refractivity contribution in [3.63, 3.8) is 0 Å². The lowest BCUT2D eigenvalue weighted by molar-refractivity contribution is 0.269. The third-order valence-corrected chi connectivity index (χ3v) is 5.14. The lowest BCUT2D eigenvalue weighted by atomic mass is 10.1. The zero-order valence-electron chi connectivity index (χ0n) is 17.8. The third kappa shape index (κ3) is 6.88. The van der Waals surface area contributed by atoms with E-state index in [0.717, 1.165) is 29.8 Å². The van der Waals surface area contributed by atoms with Gasteiger partial charge in [-0.3, -0.25) is 0 Å². The second kappa shape index (κ2) is 11.6. The number of methoxy groups -OCH3 is 1. The van der Waals surface area contributed by atoms with Crippen LogP contribution in [0.4, 0.5) is 4.39 Å². The molecule has 0 aliphatic rings. The molecule has 3 aromatic rings. The van der Waals surface area contributed by atoms with Gasteiger partial charge in [0.25, 0.3) is 0 Å². The van der Waals surface area contributed by atoms with Crippen LogP contribution in [0.25, 0.3) is 0 Å². The average Bonchev–Trinajstić information content (AvgIpc) is 2.79. The number of halogens is 2. The van der Waals surface area contributed by atoms with E-state index in [4.69, 9.17) is 25.8 Å².